The van der Waals surface area contributed by atoms with Gasteiger partial charge in [-0.2, -0.15) is 5.10 Å². The van der Waals surface area contributed by atoms with E-state index in [9.17, 15) is 0 Å². The number of H-pyrrole nitrogens is 1. The summed E-state index contributed by atoms with van der Waals surface area (Å²) in [5.41, 5.74) is 3.70. The summed E-state index contributed by atoms with van der Waals surface area (Å²) in [6, 6.07) is 13.7. The summed E-state index contributed by atoms with van der Waals surface area (Å²) in [4.78, 5) is 2.35. The summed E-state index contributed by atoms with van der Waals surface area (Å²) in [6.45, 7) is 5.30. The van der Waals surface area contributed by atoms with Gasteiger partial charge in [0.15, 0.2) is 11.5 Å². The third-order valence-electron chi connectivity index (χ3n) is 5.89. The van der Waals surface area contributed by atoms with Gasteiger partial charge >= 0.3 is 0 Å². The van der Waals surface area contributed by atoms with Crippen LogP contribution in [-0.4, -0.2) is 68.5 Å². The van der Waals surface area contributed by atoms with Gasteiger partial charge in [0, 0.05) is 31.3 Å². The Bertz CT molecular complexity index is 1200. The number of ether oxygens (including phenoxy) is 5. The molecule has 0 amide bonds. The third kappa shape index (κ3) is 6.03. The molecular formula is C27H29N3O5. The van der Waals surface area contributed by atoms with Crippen molar-refractivity contribution in [2.24, 2.45) is 0 Å². The van der Waals surface area contributed by atoms with Crippen LogP contribution in [0.1, 0.15) is 22.5 Å². The van der Waals surface area contributed by atoms with E-state index < -0.39 is 0 Å². The van der Waals surface area contributed by atoms with Crippen LogP contribution in [0.3, 0.4) is 0 Å². The Labute approximate surface area is 204 Å². The zero-order valence-electron chi connectivity index (χ0n) is 19.7. The van der Waals surface area contributed by atoms with Crippen LogP contribution in [0, 0.1) is 0 Å². The normalized spacial score (nSPS) is 15.8. The van der Waals surface area contributed by atoms with Gasteiger partial charge in [-0.15, -0.1) is 0 Å². The summed E-state index contributed by atoms with van der Waals surface area (Å²) in [5, 5.41) is 7.41. The molecule has 8 heteroatoms. The molecule has 1 saturated heterocycles. The molecule has 1 N–H and O–H groups in total. The van der Waals surface area contributed by atoms with Gasteiger partial charge in [-0.25, -0.2) is 0 Å². The molecule has 8 nitrogen and oxygen atoms in total. The van der Waals surface area contributed by atoms with Gasteiger partial charge in [0.1, 0.15) is 18.1 Å². The average molecular weight is 476 g/mol. The number of rotatable bonds is 9. The maximum Gasteiger partial charge on any atom is 0.231 e. The molecule has 0 spiro atoms. The van der Waals surface area contributed by atoms with Crippen molar-refractivity contribution in [2.45, 2.75) is 0 Å². The van der Waals surface area contributed by atoms with Gasteiger partial charge in [0.25, 0.3) is 0 Å². The fraction of sp³-hybridized carbons (Fsp3) is 0.296. The number of nitrogens with one attached hydrogen (secondary N) is 1. The second-order valence-corrected chi connectivity index (χ2v) is 8.23. The smallest absolute Gasteiger partial charge is 0.231 e. The highest BCUT2D eigenvalue weighted by atomic mass is 16.7. The Morgan fingerprint density at radius 1 is 0.971 bits per heavy atom. The summed E-state index contributed by atoms with van der Waals surface area (Å²) < 4.78 is 27.7. The molecule has 0 saturated carbocycles. The molecule has 0 radical (unpaired) electrons. The molecule has 0 unspecified atom stereocenters. The molecule has 0 atom stereocenters. The first-order chi connectivity index (χ1) is 17.3. The molecule has 2 aliphatic heterocycles. The summed E-state index contributed by atoms with van der Waals surface area (Å²) >= 11 is 0. The average Bonchev–Trinajstić information content (AvgIpc) is 3.56. The Morgan fingerprint density at radius 2 is 1.86 bits per heavy atom. The number of hydrogen-bond acceptors (Lipinski definition) is 7. The van der Waals surface area contributed by atoms with Crippen LogP contribution < -0.4 is 18.9 Å². The fourth-order valence-corrected chi connectivity index (χ4v) is 3.94. The molecular weight excluding hydrogens is 446 g/mol. The standard InChI is InChI=1S/C27H29N3O5/c1-31-26-18-24(33-15-12-30-10-13-32-14-11-30)8-5-21(26)4-7-23-17-22(28-29-23)6-2-20-3-9-25-27(16-20)35-19-34-25/h2-9,16-18H,10-15,19H2,1H3,(H,28,29)/b6-2+,7-4?. The summed E-state index contributed by atoms with van der Waals surface area (Å²) in [7, 11) is 1.67. The van der Waals surface area contributed by atoms with Crippen LogP contribution in [0.15, 0.2) is 42.5 Å². The SMILES string of the molecule is COc1cc(OCCN2CCOCC2)ccc1C=Cc1cc(/C=C/c2ccc3c(c2)OCO3)n[nH]1. The molecule has 5 rings (SSSR count). The summed E-state index contributed by atoms with van der Waals surface area (Å²) in [6.07, 6.45) is 7.92. The number of methoxy groups -OCH3 is 1. The molecule has 0 aliphatic carbocycles. The van der Waals surface area contributed by atoms with Gasteiger partial charge < -0.3 is 23.7 Å². The van der Waals surface area contributed by atoms with Crippen LogP contribution in [0.25, 0.3) is 24.3 Å². The second-order valence-electron chi connectivity index (χ2n) is 8.23. The van der Waals surface area contributed by atoms with E-state index in [-0.39, 0.29) is 6.79 Å². The largest absolute Gasteiger partial charge is 0.496 e. The highest BCUT2D eigenvalue weighted by molar-refractivity contribution is 5.74. The van der Waals surface area contributed by atoms with E-state index >= 15 is 0 Å². The molecule has 3 heterocycles. The minimum atomic E-state index is 0.271. The van der Waals surface area contributed by atoms with E-state index in [1.165, 1.54) is 0 Å². The van der Waals surface area contributed by atoms with Crippen LogP contribution in [-0.2, 0) is 4.74 Å². The number of hydrogen-bond donors (Lipinski definition) is 1. The van der Waals surface area contributed by atoms with Gasteiger partial charge in [-0.05, 0) is 54.1 Å². The van der Waals surface area contributed by atoms with Crippen molar-refractivity contribution >= 4 is 24.3 Å². The van der Waals surface area contributed by atoms with Crippen molar-refractivity contribution in [3.05, 3.63) is 65.0 Å². The van der Waals surface area contributed by atoms with Crippen molar-refractivity contribution in [1.82, 2.24) is 15.1 Å². The highest BCUT2D eigenvalue weighted by Crippen LogP contribution is 2.33. The lowest BCUT2D eigenvalue weighted by Crippen LogP contribution is -2.38. The number of morpholine rings is 1. The number of aromatic nitrogens is 2. The predicted octanol–water partition coefficient (Wildman–Crippen LogP) is 4.20. The van der Waals surface area contributed by atoms with Crippen LogP contribution in [0.5, 0.6) is 23.0 Å². The van der Waals surface area contributed by atoms with E-state index in [2.05, 4.69) is 15.1 Å². The monoisotopic (exact) mass is 475 g/mol. The maximum absolute atomic E-state index is 5.94. The number of aromatic amines is 1. The van der Waals surface area contributed by atoms with Crippen molar-refractivity contribution in [3.63, 3.8) is 0 Å². The molecule has 0 bridgehead atoms. The third-order valence-corrected chi connectivity index (χ3v) is 5.89. The fourth-order valence-electron chi connectivity index (χ4n) is 3.94. The van der Waals surface area contributed by atoms with Crippen molar-refractivity contribution < 1.29 is 23.7 Å². The Kier molecular flexibility index (Phi) is 7.31. The first-order valence-electron chi connectivity index (χ1n) is 11.7. The van der Waals surface area contributed by atoms with Crippen molar-refractivity contribution in [1.29, 1.82) is 0 Å². The van der Waals surface area contributed by atoms with Crippen LogP contribution >= 0.6 is 0 Å². The van der Waals surface area contributed by atoms with Gasteiger partial charge in [0.05, 0.1) is 31.7 Å². The molecule has 3 aromatic rings. The molecule has 2 aliphatic rings. The molecule has 2 aromatic carbocycles. The van der Waals surface area contributed by atoms with Crippen molar-refractivity contribution in [2.75, 3.05) is 53.4 Å². The summed E-state index contributed by atoms with van der Waals surface area (Å²) in [5.74, 6) is 3.09. The van der Waals surface area contributed by atoms with Gasteiger partial charge in [-0.3, -0.25) is 10.00 Å². The maximum atomic E-state index is 5.94. The zero-order chi connectivity index (χ0) is 23.9. The minimum absolute atomic E-state index is 0.271. The van der Waals surface area contributed by atoms with E-state index in [1.54, 1.807) is 7.11 Å². The second kappa shape index (κ2) is 11.1. The number of nitrogens with zero attached hydrogens (tertiary/aromatic N) is 2. The Balaban J connectivity index is 1.17. The molecule has 182 valence electrons. The first-order valence-corrected chi connectivity index (χ1v) is 11.7. The van der Waals surface area contributed by atoms with Crippen LogP contribution in [0.4, 0.5) is 0 Å². The lowest BCUT2D eigenvalue weighted by Gasteiger charge is -2.26. The lowest BCUT2D eigenvalue weighted by atomic mass is 10.1. The minimum Gasteiger partial charge on any atom is -0.496 e. The predicted molar refractivity (Wildman–Crippen MR) is 135 cm³/mol. The molecule has 35 heavy (non-hydrogen) atoms. The number of benzene rings is 2. The van der Waals surface area contributed by atoms with Crippen LogP contribution in [0.2, 0.25) is 0 Å². The van der Waals surface area contributed by atoms with Gasteiger partial charge in [-0.1, -0.05) is 12.1 Å². The van der Waals surface area contributed by atoms with Crippen molar-refractivity contribution in [3.8, 4) is 23.0 Å². The number of fused-ring (bicyclic) bond motifs is 1. The first kappa shape index (κ1) is 23.0. The van der Waals surface area contributed by atoms with E-state index in [4.69, 9.17) is 23.7 Å². The lowest BCUT2D eigenvalue weighted by molar-refractivity contribution is 0.0322. The molecule has 1 fully saturated rings. The van der Waals surface area contributed by atoms with E-state index in [0.29, 0.717) is 6.61 Å². The molecule has 1 aromatic heterocycles. The topological polar surface area (TPSA) is 78.1 Å². The Hall–Kier alpha value is -3.75. The van der Waals surface area contributed by atoms with Gasteiger partial charge in [0.2, 0.25) is 6.79 Å². The Morgan fingerprint density at radius 3 is 2.74 bits per heavy atom. The van der Waals surface area contributed by atoms with E-state index in [0.717, 1.165) is 78.4 Å². The quantitative estimate of drug-likeness (QED) is 0.497. The zero-order valence-corrected chi connectivity index (χ0v) is 19.7. The highest BCUT2D eigenvalue weighted by Gasteiger charge is 2.12. The van der Waals surface area contributed by atoms with E-state index in [1.807, 2.05) is 66.8 Å².